The van der Waals surface area contributed by atoms with Gasteiger partial charge in [-0.25, -0.2) is 4.99 Å². The molecule has 0 fully saturated rings. The Morgan fingerprint density at radius 3 is 2.69 bits per heavy atom. The molecule has 2 amide bonds. The average Bonchev–Trinajstić information content (AvgIpc) is 2.71. The van der Waals surface area contributed by atoms with Crippen LogP contribution in [-0.2, 0) is 9.53 Å². The van der Waals surface area contributed by atoms with Gasteiger partial charge in [0.05, 0.1) is 12.6 Å². The van der Waals surface area contributed by atoms with Gasteiger partial charge in [0, 0.05) is 16.8 Å². The van der Waals surface area contributed by atoms with E-state index in [-0.39, 0.29) is 0 Å². The third kappa shape index (κ3) is 6.57. The quantitative estimate of drug-likeness (QED) is 0.724. The van der Waals surface area contributed by atoms with Gasteiger partial charge in [-0.2, -0.15) is 0 Å². The average molecular weight is 399 g/mol. The second-order valence-corrected chi connectivity index (χ2v) is 6.96. The smallest absolute Gasteiger partial charge is 0.252 e. The van der Waals surface area contributed by atoms with Gasteiger partial charge >= 0.3 is 0 Å². The van der Waals surface area contributed by atoms with Crippen molar-refractivity contribution in [1.82, 2.24) is 5.32 Å². The third-order valence-corrected chi connectivity index (χ3v) is 4.75. The van der Waals surface area contributed by atoms with Crippen molar-refractivity contribution in [3.63, 3.8) is 0 Å². The van der Waals surface area contributed by atoms with Crippen molar-refractivity contribution in [3.8, 4) is 0 Å². The van der Waals surface area contributed by atoms with Crippen molar-refractivity contribution >= 4 is 17.5 Å². The molecular weight excluding hydrogens is 370 g/mol. The zero-order valence-electron chi connectivity index (χ0n) is 16.8. The first kappa shape index (κ1) is 22.4. The first-order chi connectivity index (χ1) is 13.9. The number of rotatable bonds is 3. The van der Waals surface area contributed by atoms with E-state index in [1.165, 1.54) is 0 Å². The van der Waals surface area contributed by atoms with Crippen molar-refractivity contribution < 1.29 is 19.4 Å². The van der Waals surface area contributed by atoms with Crippen molar-refractivity contribution in [2.24, 2.45) is 10.7 Å². The summed E-state index contributed by atoms with van der Waals surface area (Å²) in [5.74, 6) is -0.818. The number of benzene rings is 1. The summed E-state index contributed by atoms with van der Waals surface area (Å²) in [7, 11) is 0. The highest BCUT2D eigenvalue weighted by molar-refractivity contribution is 6.09. The van der Waals surface area contributed by atoms with Gasteiger partial charge in [0.15, 0.2) is 6.10 Å². The number of fused-ring (bicyclic) bond motifs is 1. The van der Waals surface area contributed by atoms with Gasteiger partial charge in [0.1, 0.15) is 0 Å². The lowest BCUT2D eigenvalue weighted by molar-refractivity contribution is -0.127. The van der Waals surface area contributed by atoms with Crippen LogP contribution in [0.4, 0.5) is 0 Å². The first-order valence-electron chi connectivity index (χ1n) is 9.82. The molecule has 2 unspecified atom stereocenters. The Labute approximate surface area is 171 Å². The fraction of sp³-hybridized carbons (Fsp3) is 0.409. The first-order valence-corrected chi connectivity index (χ1v) is 9.82. The largest absolute Gasteiger partial charge is 0.478 e. The van der Waals surface area contributed by atoms with Gasteiger partial charge in [-0.15, -0.1) is 0 Å². The third-order valence-electron chi connectivity index (χ3n) is 4.75. The van der Waals surface area contributed by atoms with E-state index >= 15 is 0 Å². The fourth-order valence-electron chi connectivity index (χ4n) is 3.19. The standard InChI is InChI=1S/C22H29N3O4/c1-3-10-19-24-15(2)16-11-7-8-12-17(16)22(28)25-18(20(26)21(23)27)13-6-4-5-9-14-29-19/h3,7-8,10-12,18,20,26H,1,4-6,9,13-14H2,2H3,(H2,23,27)(H,25,28)/b19-10+,24-15+. The normalized spacial score (nSPS) is 23.2. The van der Waals surface area contributed by atoms with Crippen molar-refractivity contribution in [2.45, 2.75) is 51.2 Å². The number of aliphatic hydroxyl groups excluding tert-OH is 1. The molecule has 156 valence electrons. The van der Waals surface area contributed by atoms with Gasteiger partial charge in [-0.05, 0) is 31.9 Å². The van der Waals surface area contributed by atoms with E-state index in [1.54, 1.807) is 37.3 Å². The van der Waals surface area contributed by atoms with E-state index in [2.05, 4.69) is 16.9 Å². The molecule has 29 heavy (non-hydrogen) atoms. The van der Waals surface area contributed by atoms with E-state index in [1.807, 2.05) is 6.07 Å². The van der Waals surface area contributed by atoms with E-state index in [0.717, 1.165) is 25.7 Å². The SMILES string of the molecule is C=C/C=C1\N=C(/C)c2ccccc2C(=O)NC(C(O)C(N)=O)CCCCCCO1. The molecule has 0 bridgehead atoms. The number of nitrogens with zero attached hydrogens (tertiary/aromatic N) is 1. The van der Waals surface area contributed by atoms with Crippen LogP contribution in [-0.4, -0.2) is 41.4 Å². The summed E-state index contributed by atoms with van der Waals surface area (Å²) in [4.78, 5) is 29.0. The Bertz CT molecular complexity index is 801. The topological polar surface area (TPSA) is 114 Å². The van der Waals surface area contributed by atoms with Crippen LogP contribution >= 0.6 is 0 Å². The number of hydrogen-bond acceptors (Lipinski definition) is 5. The maximum atomic E-state index is 12.9. The van der Waals surface area contributed by atoms with E-state index in [4.69, 9.17) is 10.5 Å². The Balaban J connectivity index is 2.41. The van der Waals surface area contributed by atoms with Crippen LogP contribution in [0.1, 0.15) is 54.9 Å². The number of aliphatic hydroxyl groups is 1. The molecule has 1 aromatic carbocycles. The lowest BCUT2D eigenvalue weighted by atomic mass is 9.99. The summed E-state index contributed by atoms with van der Waals surface area (Å²) in [5.41, 5.74) is 6.89. The lowest BCUT2D eigenvalue weighted by Gasteiger charge is -2.22. The van der Waals surface area contributed by atoms with E-state index in [0.29, 0.717) is 35.7 Å². The molecule has 0 spiro atoms. The minimum Gasteiger partial charge on any atom is -0.478 e. The zero-order chi connectivity index (χ0) is 21.2. The monoisotopic (exact) mass is 399 g/mol. The lowest BCUT2D eigenvalue weighted by Crippen LogP contribution is -2.49. The molecule has 0 aliphatic carbocycles. The Morgan fingerprint density at radius 1 is 1.31 bits per heavy atom. The zero-order valence-corrected chi connectivity index (χ0v) is 16.8. The molecule has 1 aromatic rings. The predicted octanol–water partition coefficient (Wildman–Crippen LogP) is 2.45. The van der Waals surface area contributed by atoms with Crippen molar-refractivity contribution in [3.05, 3.63) is 60.0 Å². The van der Waals surface area contributed by atoms with Crippen LogP contribution in [0.5, 0.6) is 0 Å². The van der Waals surface area contributed by atoms with E-state index < -0.39 is 24.0 Å². The summed E-state index contributed by atoms with van der Waals surface area (Å²) >= 11 is 0. The molecule has 2 atom stereocenters. The number of carbonyl (C=O) groups is 2. The molecule has 0 radical (unpaired) electrons. The summed E-state index contributed by atoms with van der Waals surface area (Å²) < 4.78 is 5.76. The molecule has 1 aliphatic rings. The number of primary amides is 1. The Hall–Kier alpha value is -2.93. The number of carbonyl (C=O) groups excluding carboxylic acids is 2. The molecule has 0 saturated heterocycles. The minimum atomic E-state index is -1.44. The molecule has 1 heterocycles. The number of nitrogens with two attached hydrogens (primary N) is 1. The molecule has 2 rings (SSSR count). The highest BCUT2D eigenvalue weighted by atomic mass is 16.5. The maximum absolute atomic E-state index is 12.9. The molecule has 0 aromatic heterocycles. The van der Waals surface area contributed by atoms with Crippen LogP contribution in [0.15, 0.2) is 53.9 Å². The number of nitrogens with one attached hydrogen (secondary N) is 1. The number of allylic oxidation sites excluding steroid dienone is 2. The molecule has 7 heteroatoms. The molecule has 7 nitrogen and oxygen atoms in total. The number of ether oxygens (including phenoxy) is 1. The van der Waals surface area contributed by atoms with Crippen molar-refractivity contribution in [2.75, 3.05) is 6.61 Å². The van der Waals surface area contributed by atoms with Crippen molar-refractivity contribution in [1.29, 1.82) is 0 Å². The van der Waals surface area contributed by atoms with Gasteiger partial charge < -0.3 is 20.9 Å². The summed E-state index contributed by atoms with van der Waals surface area (Å²) in [5, 5.41) is 12.9. The minimum absolute atomic E-state index is 0.392. The number of hydrogen-bond donors (Lipinski definition) is 3. The molecule has 1 aliphatic heterocycles. The maximum Gasteiger partial charge on any atom is 0.252 e. The summed E-state index contributed by atoms with van der Waals surface area (Å²) in [6.45, 7) is 6.00. The second kappa shape index (κ2) is 11.2. The second-order valence-electron chi connectivity index (χ2n) is 6.96. The van der Waals surface area contributed by atoms with Crippen LogP contribution < -0.4 is 11.1 Å². The number of amides is 2. The number of aliphatic imine (C=N–C) groups is 1. The highest BCUT2D eigenvalue weighted by Crippen LogP contribution is 2.16. The molecule has 0 saturated carbocycles. The summed E-state index contributed by atoms with van der Waals surface area (Å²) in [6.07, 6.45) is 5.67. The molecular formula is C22H29N3O4. The van der Waals surface area contributed by atoms with Crippen LogP contribution in [0.3, 0.4) is 0 Å². The van der Waals surface area contributed by atoms with E-state index in [9.17, 15) is 14.7 Å². The highest BCUT2D eigenvalue weighted by Gasteiger charge is 2.26. The Kier molecular flexibility index (Phi) is 8.61. The van der Waals surface area contributed by atoms with Crippen LogP contribution in [0.2, 0.25) is 0 Å². The summed E-state index contributed by atoms with van der Waals surface area (Å²) in [6, 6.07) is 6.27. The van der Waals surface area contributed by atoms with Gasteiger partial charge in [-0.1, -0.05) is 50.1 Å². The van der Waals surface area contributed by atoms with Crippen LogP contribution in [0, 0.1) is 0 Å². The van der Waals surface area contributed by atoms with Gasteiger partial charge in [0.2, 0.25) is 11.8 Å². The molecule has 4 N–H and O–H groups in total. The fourth-order valence-corrected chi connectivity index (χ4v) is 3.19. The van der Waals surface area contributed by atoms with Gasteiger partial charge in [0.25, 0.3) is 5.91 Å². The predicted molar refractivity (Wildman–Crippen MR) is 112 cm³/mol. The van der Waals surface area contributed by atoms with Gasteiger partial charge in [-0.3, -0.25) is 9.59 Å². The van der Waals surface area contributed by atoms with Crippen LogP contribution in [0.25, 0.3) is 0 Å². The Morgan fingerprint density at radius 2 is 2.00 bits per heavy atom.